The Labute approximate surface area is 144 Å². The second-order valence-corrected chi connectivity index (χ2v) is 7.09. The van der Waals surface area contributed by atoms with Crippen LogP contribution >= 0.6 is 0 Å². The van der Waals surface area contributed by atoms with E-state index in [2.05, 4.69) is 28.7 Å². The second-order valence-electron chi connectivity index (χ2n) is 5.43. The van der Waals surface area contributed by atoms with E-state index in [0.29, 0.717) is 0 Å². The molecule has 0 aliphatic carbocycles. The molecule has 2 aromatic rings. The average Bonchev–Trinajstić information content (AvgIpc) is 2.57. The first-order valence-electron chi connectivity index (χ1n) is 7.93. The van der Waals surface area contributed by atoms with Crippen LogP contribution in [0.2, 0.25) is 0 Å². The molecule has 0 fully saturated rings. The molecule has 24 heavy (non-hydrogen) atoms. The minimum atomic E-state index is -3.63. The first-order chi connectivity index (χ1) is 11.5. The maximum atomic E-state index is 12.1. The van der Waals surface area contributed by atoms with Crippen LogP contribution in [0.5, 0.6) is 0 Å². The van der Waals surface area contributed by atoms with Gasteiger partial charge in [-0.25, -0.2) is 4.83 Å². The molecule has 0 heterocycles. The van der Waals surface area contributed by atoms with Crippen molar-refractivity contribution in [1.29, 1.82) is 0 Å². The van der Waals surface area contributed by atoms with Crippen molar-refractivity contribution < 1.29 is 8.42 Å². The molecule has 1 N–H and O–H groups in total. The van der Waals surface area contributed by atoms with Crippen LogP contribution in [-0.4, -0.2) is 27.7 Å². The van der Waals surface area contributed by atoms with Gasteiger partial charge in [-0.2, -0.15) is 13.5 Å². The molecule has 5 nitrogen and oxygen atoms in total. The van der Waals surface area contributed by atoms with Crippen molar-refractivity contribution in [2.75, 3.05) is 18.0 Å². The smallest absolute Gasteiger partial charge is 0.276 e. The summed E-state index contributed by atoms with van der Waals surface area (Å²) < 4.78 is 24.2. The highest BCUT2D eigenvalue weighted by atomic mass is 32.2. The summed E-state index contributed by atoms with van der Waals surface area (Å²) in [6, 6.07) is 14.5. The fourth-order valence-corrected chi connectivity index (χ4v) is 3.09. The lowest BCUT2D eigenvalue weighted by Gasteiger charge is -2.20. The first kappa shape index (κ1) is 18.0. The number of sulfonamides is 1. The molecule has 0 saturated heterocycles. The van der Waals surface area contributed by atoms with Gasteiger partial charge >= 0.3 is 0 Å². The summed E-state index contributed by atoms with van der Waals surface area (Å²) in [7, 11) is -3.63. The number of hydrazone groups is 1. The molecule has 0 amide bonds. The van der Waals surface area contributed by atoms with Crippen LogP contribution in [0.4, 0.5) is 5.69 Å². The number of aryl methyl sites for hydroxylation is 1. The fourth-order valence-electron chi connectivity index (χ4n) is 2.30. The minimum absolute atomic E-state index is 0.196. The fraction of sp³-hybridized carbons (Fsp3) is 0.278. The van der Waals surface area contributed by atoms with Crippen LogP contribution in [0.25, 0.3) is 0 Å². The molecule has 0 aliphatic heterocycles. The number of rotatable bonds is 7. The van der Waals surface area contributed by atoms with Gasteiger partial charge in [-0.1, -0.05) is 29.8 Å². The first-order valence-corrected chi connectivity index (χ1v) is 9.41. The number of benzene rings is 2. The Hall–Kier alpha value is -2.34. The number of anilines is 1. The predicted octanol–water partition coefficient (Wildman–Crippen LogP) is 3.15. The molecular weight excluding hydrogens is 322 g/mol. The van der Waals surface area contributed by atoms with Gasteiger partial charge in [-0.15, -0.1) is 0 Å². The SMILES string of the molecule is CCN(CC)c1ccc(/C=N\NS(=O)(=O)c2ccc(C)cc2)cc1. The molecule has 0 bridgehead atoms. The molecule has 6 heteroatoms. The summed E-state index contributed by atoms with van der Waals surface area (Å²) in [6.45, 7) is 8.02. The Morgan fingerprint density at radius 3 is 2.12 bits per heavy atom. The van der Waals surface area contributed by atoms with E-state index in [-0.39, 0.29) is 4.90 Å². The Balaban J connectivity index is 2.04. The van der Waals surface area contributed by atoms with E-state index >= 15 is 0 Å². The van der Waals surface area contributed by atoms with Crippen LogP contribution in [-0.2, 0) is 10.0 Å². The van der Waals surface area contributed by atoms with E-state index in [0.717, 1.165) is 29.9 Å². The van der Waals surface area contributed by atoms with Gasteiger partial charge in [-0.3, -0.25) is 0 Å². The highest BCUT2D eigenvalue weighted by molar-refractivity contribution is 7.89. The summed E-state index contributed by atoms with van der Waals surface area (Å²) in [5, 5.41) is 3.85. The van der Waals surface area contributed by atoms with E-state index in [1.807, 2.05) is 31.2 Å². The quantitative estimate of drug-likeness (QED) is 0.619. The molecular formula is C18H23N3O2S. The lowest BCUT2D eigenvalue weighted by Crippen LogP contribution is -2.21. The Morgan fingerprint density at radius 2 is 1.58 bits per heavy atom. The van der Waals surface area contributed by atoms with E-state index in [1.54, 1.807) is 24.3 Å². The van der Waals surface area contributed by atoms with Crippen LogP contribution < -0.4 is 9.73 Å². The number of nitrogens with zero attached hydrogens (tertiary/aromatic N) is 2. The molecule has 0 aromatic heterocycles. The molecule has 0 aliphatic rings. The zero-order valence-corrected chi connectivity index (χ0v) is 15.0. The van der Waals surface area contributed by atoms with Gasteiger partial charge in [0.05, 0.1) is 11.1 Å². The van der Waals surface area contributed by atoms with Crippen molar-refractivity contribution in [3.63, 3.8) is 0 Å². The van der Waals surface area contributed by atoms with Crippen LogP contribution in [0.3, 0.4) is 0 Å². The van der Waals surface area contributed by atoms with Crippen molar-refractivity contribution in [2.45, 2.75) is 25.7 Å². The molecule has 128 valence electrons. The Kier molecular flexibility index (Phi) is 5.98. The highest BCUT2D eigenvalue weighted by Gasteiger charge is 2.11. The zero-order chi connectivity index (χ0) is 17.6. The Morgan fingerprint density at radius 1 is 1.00 bits per heavy atom. The van der Waals surface area contributed by atoms with E-state index in [1.165, 1.54) is 6.21 Å². The van der Waals surface area contributed by atoms with Crippen LogP contribution in [0.15, 0.2) is 58.5 Å². The van der Waals surface area contributed by atoms with Gasteiger partial charge in [0.25, 0.3) is 10.0 Å². The summed E-state index contributed by atoms with van der Waals surface area (Å²) >= 11 is 0. The number of hydrogen-bond donors (Lipinski definition) is 1. The predicted molar refractivity (Wildman–Crippen MR) is 99.1 cm³/mol. The number of hydrogen-bond acceptors (Lipinski definition) is 4. The van der Waals surface area contributed by atoms with Crippen LogP contribution in [0, 0.1) is 6.92 Å². The van der Waals surface area contributed by atoms with Gasteiger partial charge in [0, 0.05) is 18.8 Å². The molecule has 2 rings (SSSR count). The van der Waals surface area contributed by atoms with Crippen molar-refractivity contribution >= 4 is 21.9 Å². The van der Waals surface area contributed by atoms with Crippen molar-refractivity contribution in [1.82, 2.24) is 4.83 Å². The van der Waals surface area contributed by atoms with Crippen molar-refractivity contribution in [2.24, 2.45) is 5.10 Å². The average molecular weight is 345 g/mol. The summed E-state index contributed by atoms with van der Waals surface area (Å²) in [5.41, 5.74) is 2.97. The minimum Gasteiger partial charge on any atom is -0.372 e. The molecule has 0 atom stereocenters. The van der Waals surface area contributed by atoms with Gasteiger partial charge < -0.3 is 4.90 Å². The van der Waals surface area contributed by atoms with Gasteiger partial charge in [0.1, 0.15) is 0 Å². The molecule has 0 unspecified atom stereocenters. The standard InChI is InChI=1S/C18H23N3O2S/c1-4-21(5-2)17-10-8-16(9-11-17)14-19-20-24(22,23)18-12-6-15(3)7-13-18/h6-14,20H,4-5H2,1-3H3/b19-14-. The van der Waals surface area contributed by atoms with Crippen LogP contribution in [0.1, 0.15) is 25.0 Å². The third-order valence-corrected chi connectivity index (χ3v) is 4.98. The third kappa shape index (κ3) is 4.58. The summed E-state index contributed by atoms with van der Waals surface area (Å²) in [6.07, 6.45) is 1.50. The topological polar surface area (TPSA) is 61.8 Å². The normalized spacial score (nSPS) is 11.6. The maximum Gasteiger partial charge on any atom is 0.276 e. The van der Waals surface area contributed by atoms with Gasteiger partial charge in [0.15, 0.2) is 0 Å². The highest BCUT2D eigenvalue weighted by Crippen LogP contribution is 2.14. The molecule has 0 spiro atoms. The lowest BCUT2D eigenvalue weighted by molar-refractivity contribution is 0.584. The van der Waals surface area contributed by atoms with Crippen molar-refractivity contribution in [3.05, 3.63) is 59.7 Å². The van der Waals surface area contributed by atoms with Crippen molar-refractivity contribution in [3.8, 4) is 0 Å². The van der Waals surface area contributed by atoms with Gasteiger partial charge in [-0.05, 0) is 50.6 Å². The summed E-state index contributed by atoms with van der Waals surface area (Å²) in [5.74, 6) is 0. The lowest BCUT2D eigenvalue weighted by atomic mass is 10.2. The van der Waals surface area contributed by atoms with Gasteiger partial charge in [0.2, 0.25) is 0 Å². The molecule has 2 aromatic carbocycles. The monoisotopic (exact) mass is 345 g/mol. The largest absolute Gasteiger partial charge is 0.372 e. The van der Waals surface area contributed by atoms with E-state index in [4.69, 9.17) is 0 Å². The van der Waals surface area contributed by atoms with E-state index in [9.17, 15) is 8.42 Å². The number of nitrogens with one attached hydrogen (secondary N) is 1. The van der Waals surface area contributed by atoms with E-state index < -0.39 is 10.0 Å². The second kappa shape index (κ2) is 7.97. The Bertz CT molecular complexity index is 778. The molecule has 0 radical (unpaired) electrons. The zero-order valence-electron chi connectivity index (χ0n) is 14.2. The summed E-state index contributed by atoms with van der Waals surface area (Å²) in [4.78, 5) is 4.67. The maximum absolute atomic E-state index is 12.1. The molecule has 0 saturated carbocycles. The third-order valence-electron chi connectivity index (χ3n) is 3.74.